The second kappa shape index (κ2) is 5.34. The first-order chi connectivity index (χ1) is 10.4. The third-order valence-electron chi connectivity index (χ3n) is 4.27. The van der Waals surface area contributed by atoms with Crippen molar-refractivity contribution in [2.45, 2.75) is 24.8 Å². The van der Waals surface area contributed by atoms with Gasteiger partial charge < -0.3 is 9.73 Å². The monoisotopic (exact) mass is 278 g/mol. The fraction of sp³-hybridized carbons (Fsp3) is 0.278. The van der Waals surface area contributed by atoms with Gasteiger partial charge in [-0.15, -0.1) is 0 Å². The summed E-state index contributed by atoms with van der Waals surface area (Å²) in [5.74, 6) is 1.28. The van der Waals surface area contributed by atoms with Crippen molar-refractivity contribution in [3.63, 3.8) is 0 Å². The Morgan fingerprint density at radius 1 is 1.00 bits per heavy atom. The minimum Gasteiger partial charge on any atom is -0.440 e. The van der Waals surface area contributed by atoms with E-state index < -0.39 is 0 Å². The van der Waals surface area contributed by atoms with E-state index in [0.29, 0.717) is 12.0 Å². The third-order valence-corrected chi connectivity index (χ3v) is 4.27. The molecule has 0 aliphatic carbocycles. The highest BCUT2D eigenvalue weighted by atomic mass is 16.3. The molecular formula is C18H18N2O. The van der Waals surface area contributed by atoms with Crippen LogP contribution in [-0.4, -0.2) is 11.5 Å². The maximum Gasteiger partial charge on any atom is 0.198 e. The molecule has 0 radical (unpaired) electrons. The number of nitrogens with zero attached hydrogens (tertiary/aromatic N) is 1. The Labute approximate surface area is 124 Å². The molecule has 2 atom stereocenters. The zero-order valence-electron chi connectivity index (χ0n) is 11.8. The molecule has 1 saturated heterocycles. The molecule has 0 amide bonds. The lowest BCUT2D eigenvalue weighted by Gasteiger charge is -2.29. The van der Waals surface area contributed by atoms with Gasteiger partial charge in [0.15, 0.2) is 11.5 Å². The number of aromatic nitrogens is 1. The van der Waals surface area contributed by atoms with E-state index in [1.165, 1.54) is 5.56 Å². The molecule has 21 heavy (non-hydrogen) atoms. The van der Waals surface area contributed by atoms with E-state index in [1.54, 1.807) is 0 Å². The Hall–Kier alpha value is -2.13. The summed E-state index contributed by atoms with van der Waals surface area (Å²) in [7, 11) is 0. The van der Waals surface area contributed by atoms with Gasteiger partial charge in [0.25, 0.3) is 0 Å². The van der Waals surface area contributed by atoms with Crippen molar-refractivity contribution in [3.8, 4) is 0 Å². The minimum absolute atomic E-state index is 0.389. The van der Waals surface area contributed by atoms with E-state index >= 15 is 0 Å². The van der Waals surface area contributed by atoms with Gasteiger partial charge >= 0.3 is 0 Å². The predicted molar refractivity (Wildman–Crippen MR) is 83.2 cm³/mol. The Kier molecular flexibility index (Phi) is 3.20. The van der Waals surface area contributed by atoms with Crippen LogP contribution in [0.25, 0.3) is 11.1 Å². The van der Waals surface area contributed by atoms with Crippen LogP contribution < -0.4 is 5.32 Å². The zero-order valence-corrected chi connectivity index (χ0v) is 11.8. The molecule has 0 bridgehead atoms. The van der Waals surface area contributed by atoms with E-state index in [2.05, 4.69) is 40.6 Å². The summed E-state index contributed by atoms with van der Waals surface area (Å²) >= 11 is 0. The number of hydrogen-bond acceptors (Lipinski definition) is 3. The average molecular weight is 278 g/mol. The van der Waals surface area contributed by atoms with Gasteiger partial charge in [-0.05, 0) is 37.1 Å². The molecule has 1 N–H and O–H groups in total. The normalized spacial score (nSPS) is 22.5. The molecule has 0 spiro atoms. The summed E-state index contributed by atoms with van der Waals surface area (Å²) in [5.41, 5.74) is 3.20. The van der Waals surface area contributed by atoms with Crippen molar-refractivity contribution in [3.05, 3.63) is 66.1 Å². The number of benzene rings is 2. The molecule has 3 heteroatoms. The van der Waals surface area contributed by atoms with E-state index in [9.17, 15) is 0 Å². The maximum absolute atomic E-state index is 5.95. The number of piperidine rings is 1. The van der Waals surface area contributed by atoms with Gasteiger partial charge in [0.1, 0.15) is 5.52 Å². The van der Waals surface area contributed by atoms with Crippen LogP contribution in [-0.2, 0) is 0 Å². The van der Waals surface area contributed by atoms with E-state index in [1.807, 2.05) is 24.3 Å². The quantitative estimate of drug-likeness (QED) is 0.769. The maximum atomic E-state index is 5.95. The van der Waals surface area contributed by atoms with Gasteiger partial charge in [0, 0.05) is 12.0 Å². The molecule has 0 saturated carbocycles. The second-order valence-electron chi connectivity index (χ2n) is 5.66. The number of oxazole rings is 1. The summed E-state index contributed by atoms with van der Waals surface area (Å²) in [5, 5.41) is 3.60. The van der Waals surface area contributed by atoms with Gasteiger partial charge in [0.2, 0.25) is 0 Å². The fourth-order valence-electron chi connectivity index (χ4n) is 3.15. The Balaban J connectivity index is 1.60. The second-order valence-corrected chi connectivity index (χ2v) is 5.66. The van der Waals surface area contributed by atoms with Crippen molar-refractivity contribution in [2.24, 2.45) is 0 Å². The molecule has 1 aliphatic rings. The summed E-state index contributed by atoms with van der Waals surface area (Å²) in [4.78, 5) is 4.67. The highest BCUT2D eigenvalue weighted by molar-refractivity contribution is 5.72. The van der Waals surface area contributed by atoms with Gasteiger partial charge in [-0.2, -0.15) is 0 Å². The molecular weight excluding hydrogens is 260 g/mol. The number of para-hydroxylation sites is 2. The third kappa shape index (κ3) is 2.45. The summed E-state index contributed by atoms with van der Waals surface area (Å²) in [6, 6.07) is 19.0. The zero-order chi connectivity index (χ0) is 14.1. The summed E-state index contributed by atoms with van der Waals surface area (Å²) in [6.45, 7) is 1.00. The number of hydrogen-bond donors (Lipinski definition) is 1. The molecule has 4 rings (SSSR count). The lowest BCUT2D eigenvalue weighted by atomic mass is 9.89. The summed E-state index contributed by atoms with van der Waals surface area (Å²) < 4.78 is 5.95. The van der Waals surface area contributed by atoms with Crippen LogP contribution in [0.2, 0.25) is 0 Å². The van der Waals surface area contributed by atoms with Crippen LogP contribution >= 0.6 is 0 Å². The highest BCUT2D eigenvalue weighted by Crippen LogP contribution is 2.34. The predicted octanol–water partition coefficient (Wildman–Crippen LogP) is 4.04. The topological polar surface area (TPSA) is 38.1 Å². The Morgan fingerprint density at radius 2 is 1.81 bits per heavy atom. The van der Waals surface area contributed by atoms with Crippen molar-refractivity contribution in [1.82, 2.24) is 10.3 Å². The van der Waals surface area contributed by atoms with E-state index in [0.717, 1.165) is 36.4 Å². The molecule has 3 aromatic rings. The Bertz CT molecular complexity index is 702. The van der Waals surface area contributed by atoms with Crippen LogP contribution in [0, 0.1) is 0 Å². The van der Waals surface area contributed by atoms with Crippen LogP contribution in [0.4, 0.5) is 0 Å². The lowest BCUT2D eigenvalue weighted by molar-refractivity contribution is 0.327. The summed E-state index contributed by atoms with van der Waals surface area (Å²) in [6.07, 6.45) is 2.12. The smallest absolute Gasteiger partial charge is 0.198 e. The lowest BCUT2D eigenvalue weighted by Crippen LogP contribution is -2.31. The fourth-order valence-corrected chi connectivity index (χ4v) is 3.15. The largest absolute Gasteiger partial charge is 0.440 e. The molecule has 2 aromatic carbocycles. The van der Waals surface area contributed by atoms with Gasteiger partial charge in [-0.25, -0.2) is 4.98 Å². The van der Waals surface area contributed by atoms with E-state index in [-0.39, 0.29) is 0 Å². The number of nitrogens with one attached hydrogen (secondary N) is 1. The van der Waals surface area contributed by atoms with E-state index in [4.69, 9.17) is 4.42 Å². The first-order valence-corrected chi connectivity index (χ1v) is 7.54. The van der Waals surface area contributed by atoms with Crippen molar-refractivity contribution in [2.75, 3.05) is 6.54 Å². The van der Waals surface area contributed by atoms with Crippen molar-refractivity contribution < 1.29 is 4.42 Å². The van der Waals surface area contributed by atoms with Crippen LogP contribution in [0.15, 0.2) is 59.0 Å². The van der Waals surface area contributed by atoms with Crippen molar-refractivity contribution >= 4 is 11.1 Å². The number of rotatable bonds is 2. The minimum atomic E-state index is 0.389. The SMILES string of the molecule is c1ccc(C2CC(c3nc4ccccc4o3)CCN2)cc1. The number of fused-ring (bicyclic) bond motifs is 1. The average Bonchev–Trinajstić information content (AvgIpc) is 3.00. The Morgan fingerprint density at radius 3 is 2.67 bits per heavy atom. The molecule has 1 aliphatic heterocycles. The molecule has 1 aromatic heterocycles. The van der Waals surface area contributed by atoms with Gasteiger partial charge in [0.05, 0.1) is 0 Å². The van der Waals surface area contributed by atoms with Crippen LogP contribution in [0.3, 0.4) is 0 Å². The van der Waals surface area contributed by atoms with Crippen LogP contribution in [0.1, 0.15) is 36.3 Å². The molecule has 3 nitrogen and oxygen atoms in total. The van der Waals surface area contributed by atoms with Gasteiger partial charge in [-0.3, -0.25) is 0 Å². The standard InChI is InChI=1S/C18H18N2O/c1-2-6-13(7-3-1)16-12-14(10-11-19-16)18-20-15-8-4-5-9-17(15)21-18/h1-9,14,16,19H,10-12H2. The highest BCUT2D eigenvalue weighted by Gasteiger charge is 2.27. The van der Waals surface area contributed by atoms with Crippen molar-refractivity contribution in [1.29, 1.82) is 0 Å². The first kappa shape index (κ1) is 12.6. The molecule has 2 heterocycles. The molecule has 2 unspecified atom stereocenters. The van der Waals surface area contributed by atoms with Crippen LogP contribution in [0.5, 0.6) is 0 Å². The van der Waals surface area contributed by atoms with Gasteiger partial charge in [-0.1, -0.05) is 42.5 Å². The first-order valence-electron chi connectivity index (χ1n) is 7.54. The molecule has 106 valence electrons. The molecule has 1 fully saturated rings.